The molecule has 1 aliphatic heterocycles. The van der Waals surface area contributed by atoms with Crippen LogP contribution >= 0.6 is 11.3 Å². The second-order valence-corrected chi connectivity index (χ2v) is 7.70. The zero-order chi connectivity index (χ0) is 19.3. The molecule has 0 N–H and O–H groups in total. The molecule has 0 radical (unpaired) electrons. The van der Waals surface area contributed by atoms with Crippen LogP contribution in [0.1, 0.15) is 36.0 Å². The third kappa shape index (κ3) is 4.09. The lowest BCUT2D eigenvalue weighted by molar-refractivity contribution is 0.0664. The van der Waals surface area contributed by atoms with Gasteiger partial charge in [0.05, 0.1) is 12.2 Å². The number of amides is 1. The Morgan fingerprint density at radius 1 is 1.36 bits per heavy atom. The Labute approximate surface area is 168 Å². The van der Waals surface area contributed by atoms with E-state index in [9.17, 15) is 4.79 Å². The molecule has 0 saturated carbocycles. The van der Waals surface area contributed by atoms with Crippen LogP contribution in [0, 0.1) is 5.92 Å². The number of ether oxygens (including phenoxy) is 1. The second kappa shape index (κ2) is 8.56. The highest BCUT2D eigenvalue weighted by molar-refractivity contribution is 7.08. The summed E-state index contributed by atoms with van der Waals surface area (Å²) in [6.07, 6.45) is 2.71. The zero-order valence-electron chi connectivity index (χ0n) is 15.8. The molecule has 1 atom stereocenters. The molecule has 0 unspecified atom stereocenters. The number of nitrogens with zero attached hydrogens (tertiary/aromatic N) is 3. The van der Waals surface area contributed by atoms with E-state index in [-0.39, 0.29) is 5.91 Å². The van der Waals surface area contributed by atoms with E-state index in [1.165, 1.54) is 0 Å². The molecular formula is C21H23N3O3S. The van der Waals surface area contributed by atoms with Gasteiger partial charge in [-0.2, -0.15) is 16.3 Å². The predicted molar refractivity (Wildman–Crippen MR) is 108 cm³/mol. The molecule has 1 amide bonds. The van der Waals surface area contributed by atoms with Gasteiger partial charge < -0.3 is 14.2 Å². The molecular weight excluding hydrogens is 374 g/mol. The monoisotopic (exact) mass is 397 g/mol. The lowest BCUT2D eigenvalue weighted by Crippen LogP contribution is -2.40. The molecule has 1 fully saturated rings. The van der Waals surface area contributed by atoms with Crippen LogP contribution in [-0.4, -0.2) is 40.6 Å². The molecule has 1 aliphatic rings. The van der Waals surface area contributed by atoms with E-state index in [1.807, 2.05) is 52.9 Å². The molecule has 1 aromatic carbocycles. The number of para-hydroxylation sites is 1. The maximum atomic E-state index is 13.0. The number of piperidine rings is 1. The van der Waals surface area contributed by atoms with Crippen molar-refractivity contribution in [2.45, 2.75) is 26.2 Å². The van der Waals surface area contributed by atoms with Gasteiger partial charge in [-0.25, -0.2) is 0 Å². The van der Waals surface area contributed by atoms with Gasteiger partial charge in [-0.15, -0.1) is 0 Å². The Morgan fingerprint density at radius 2 is 2.25 bits per heavy atom. The molecule has 0 aliphatic carbocycles. The van der Waals surface area contributed by atoms with Gasteiger partial charge in [0, 0.05) is 30.5 Å². The number of benzene rings is 1. The first-order chi connectivity index (χ1) is 13.7. The molecule has 4 rings (SSSR count). The van der Waals surface area contributed by atoms with Crippen molar-refractivity contribution in [3.8, 4) is 17.1 Å². The Morgan fingerprint density at radius 3 is 3.07 bits per heavy atom. The van der Waals surface area contributed by atoms with Gasteiger partial charge in [0.2, 0.25) is 11.7 Å². The normalized spacial score (nSPS) is 16.9. The fourth-order valence-corrected chi connectivity index (χ4v) is 4.24. The number of rotatable bonds is 6. The van der Waals surface area contributed by atoms with E-state index in [2.05, 4.69) is 10.1 Å². The second-order valence-electron chi connectivity index (χ2n) is 6.92. The van der Waals surface area contributed by atoms with Gasteiger partial charge in [-0.1, -0.05) is 17.3 Å². The Hall–Kier alpha value is -2.67. The third-order valence-corrected chi connectivity index (χ3v) is 5.62. The van der Waals surface area contributed by atoms with E-state index < -0.39 is 0 Å². The van der Waals surface area contributed by atoms with Gasteiger partial charge in [-0.05, 0) is 49.3 Å². The average Bonchev–Trinajstić information content (AvgIpc) is 3.40. The number of carbonyl (C=O) groups is 1. The van der Waals surface area contributed by atoms with E-state index in [4.69, 9.17) is 9.26 Å². The third-order valence-electron chi connectivity index (χ3n) is 4.93. The van der Waals surface area contributed by atoms with E-state index >= 15 is 0 Å². The molecule has 146 valence electrons. The maximum absolute atomic E-state index is 13.0. The van der Waals surface area contributed by atoms with Crippen molar-refractivity contribution in [3.63, 3.8) is 0 Å². The van der Waals surface area contributed by atoms with Crippen LogP contribution in [-0.2, 0) is 6.42 Å². The minimum absolute atomic E-state index is 0.0261. The number of thiophene rings is 1. The van der Waals surface area contributed by atoms with Gasteiger partial charge in [-0.3, -0.25) is 4.79 Å². The molecule has 3 heterocycles. The number of likely N-dealkylation sites (tertiary alicyclic amines) is 1. The smallest absolute Gasteiger partial charge is 0.257 e. The predicted octanol–water partition coefficient (Wildman–Crippen LogP) is 4.29. The van der Waals surface area contributed by atoms with Gasteiger partial charge >= 0.3 is 0 Å². The Balaban J connectivity index is 1.43. The quantitative estimate of drug-likeness (QED) is 0.621. The Kier molecular flexibility index (Phi) is 5.71. The summed E-state index contributed by atoms with van der Waals surface area (Å²) in [6.45, 7) is 3.92. The first-order valence-corrected chi connectivity index (χ1v) is 10.5. The van der Waals surface area contributed by atoms with E-state index in [1.54, 1.807) is 11.3 Å². The molecule has 28 heavy (non-hydrogen) atoms. The fraction of sp³-hybridized carbons (Fsp3) is 0.381. The van der Waals surface area contributed by atoms with Crippen LogP contribution in [0.25, 0.3) is 11.4 Å². The van der Waals surface area contributed by atoms with Crippen molar-refractivity contribution in [3.05, 3.63) is 52.5 Å². The van der Waals surface area contributed by atoms with Crippen molar-refractivity contribution in [1.29, 1.82) is 0 Å². The standard InChI is InChI=1S/C21H23N3O3S/c1-2-26-18-8-4-3-7-17(18)21(25)24-10-5-6-15(13-24)12-19-22-20(23-27-19)16-9-11-28-14-16/h3-4,7-9,11,14-15H,2,5-6,10,12-13H2,1H3/t15-/m1/s1. The minimum Gasteiger partial charge on any atom is -0.493 e. The van der Waals surface area contributed by atoms with Crippen LogP contribution in [0.15, 0.2) is 45.6 Å². The van der Waals surface area contributed by atoms with Crippen LogP contribution < -0.4 is 4.74 Å². The maximum Gasteiger partial charge on any atom is 0.257 e. The van der Waals surface area contributed by atoms with Crippen molar-refractivity contribution < 1.29 is 14.1 Å². The number of hydrogen-bond donors (Lipinski definition) is 0. The highest BCUT2D eigenvalue weighted by Crippen LogP contribution is 2.26. The molecule has 2 aromatic heterocycles. The van der Waals surface area contributed by atoms with Crippen molar-refractivity contribution >= 4 is 17.2 Å². The first-order valence-electron chi connectivity index (χ1n) is 9.61. The number of carbonyl (C=O) groups excluding carboxylic acids is 1. The van der Waals surface area contributed by atoms with Crippen LogP contribution in [0.4, 0.5) is 0 Å². The average molecular weight is 398 g/mol. The minimum atomic E-state index is 0.0261. The summed E-state index contributed by atoms with van der Waals surface area (Å²) in [5, 5.41) is 8.08. The summed E-state index contributed by atoms with van der Waals surface area (Å²) < 4.78 is 11.1. The van der Waals surface area contributed by atoms with Gasteiger partial charge in [0.15, 0.2) is 0 Å². The van der Waals surface area contributed by atoms with Gasteiger partial charge in [0.25, 0.3) is 5.91 Å². The topological polar surface area (TPSA) is 68.5 Å². The fourth-order valence-electron chi connectivity index (χ4n) is 3.60. The first kappa shape index (κ1) is 18.7. The van der Waals surface area contributed by atoms with Crippen molar-refractivity contribution in [2.75, 3.05) is 19.7 Å². The zero-order valence-corrected chi connectivity index (χ0v) is 16.7. The molecule has 3 aromatic rings. The molecule has 0 bridgehead atoms. The molecule has 6 nitrogen and oxygen atoms in total. The highest BCUT2D eigenvalue weighted by atomic mass is 32.1. The van der Waals surface area contributed by atoms with Crippen molar-refractivity contribution in [2.24, 2.45) is 5.92 Å². The summed E-state index contributed by atoms with van der Waals surface area (Å²) in [5.74, 6) is 2.25. The largest absolute Gasteiger partial charge is 0.493 e. The van der Waals surface area contributed by atoms with E-state index in [0.717, 1.165) is 24.9 Å². The summed E-state index contributed by atoms with van der Waals surface area (Å²) >= 11 is 1.61. The van der Waals surface area contributed by atoms with Gasteiger partial charge in [0.1, 0.15) is 5.75 Å². The summed E-state index contributed by atoms with van der Waals surface area (Å²) in [4.78, 5) is 19.5. The number of hydrogen-bond acceptors (Lipinski definition) is 6. The lowest BCUT2D eigenvalue weighted by atomic mass is 9.94. The lowest BCUT2D eigenvalue weighted by Gasteiger charge is -2.32. The Bertz CT molecular complexity index is 923. The number of aromatic nitrogens is 2. The van der Waals surface area contributed by atoms with E-state index in [0.29, 0.717) is 48.5 Å². The summed E-state index contributed by atoms with van der Waals surface area (Å²) in [5.41, 5.74) is 1.61. The highest BCUT2D eigenvalue weighted by Gasteiger charge is 2.27. The molecule has 7 heteroatoms. The molecule has 0 spiro atoms. The summed E-state index contributed by atoms with van der Waals surface area (Å²) in [7, 11) is 0. The van der Waals surface area contributed by atoms with Crippen LogP contribution in [0.2, 0.25) is 0 Å². The van der Waals surface area contributed by atoms with Crippen LogP contribution in [0.3, 0.4) is 0 Å². The SMILES string of the molecule is CCOc1ccccc1C(=O)N1CCC[C@H](Cc2nc(-c3ccsc3)no2)C1. The van der Waals surface area contributed by atoms with Crippen molar-refractivity contribution in [1.82, 2.24) is 15.0 Å². The summed E-state index contributed by atoms with van der Waals surface area (Å²) in [6, 6.07) is 9.43. The molecule has 1 saturated heterocycles. The van der Waals surface area contributed by atoms with Crippen LogP contribution in [0.5, 0.6) is 5.75 Å².